The minimum absolute atomic E-state index is 0.0501. The zero-order valence-electron chi connectivity index (χ0n) is 13.8. The Morgan fingerprint density at radius 2 is 1.56 bits per heavy atom. The first-order chi connectivity index (χ1) is 12.2. The van der Waals surface area contributed by atoms with Crippen LogP contribution in [0, 0.1) is 5.92 Å². The van der Waals surface area contributed by atoms with E-state index in [0.717, 1.165) is 12.8 Å². The molecule has 1 saturated carbocycles. The fraction of sp³-hybridized carbons (Fsp3) is 0.263. The van der Waals surface area contributed by atoms with E-state index >= 15 is 0 Å². The van der Waals surface area contributed by atoms with Crippen LogP contribution in [0.25, 0.3) is 0 Å². The zero-order chi connectivity index (χ0) is 17.6. The second kappa shape index (κ2) is 7.81. The number of carbonyl (C=O) groups excluding carboxylic acids is 2. The van der Waals surface area contributed by atoms with Gasteiger partial charge in [0.2, 0.25) is 5.91 Å². The standard InChI is InChI=1S/C19H21N3O3/c20-11-12-25-17-9-7-16(8-10-17)22-19(24)14-3-5-15(6-4-14)21-18(23)13-1-2-13/h3-10,13H,1-2,11-12,20H2,(H,21,23)(H,22,24). The Balaban J connectivity index is 1.56. The molecule has 3 rings (SSSR count). The van der Waals surface area contributed by atoms with Gasteiger partial charge in [0.15, 0.2) is 0 Å². The van der Waals surface area contributed by atoms with Gasteiger partial charge in [-0.3, -0.25) is 9.59 Å². The number of rotatable bonds is 7. The lowest BCUT2D eigenvalue weighted by Crippen LogP contribution is -2.14. The Morgan fingerprint density at radius 1 is 0.960 bits per heavy atom. The second-order valence-electron chi connectivity index (χ2n) is 5.96. The molecular formula is C19H21N3O3. The number of anilines is 2. The Bertz CT molecular complexity index is 738. The molecule has 0 atom stereocenters. The van der Waals surface area contributed by atoms with E-state index in [1.807, 2.05) is 0 Å². The first kappa shape index (κ1) is 17.0. The number of ether oxygens (including phenoxy) is 1. The zero-order valence-corrected chi connectivity index (χ0v) is 13.8. The van der Waals surface area contributed by atoms with Crippen LogP contribution in [0.3, 0.4) is 0 Å². The van der Waals surface area contributed by atoms with Crippen molar-refractivity contribution in [3.05, 3.63) is 54.1 Å². The highest BCUT2D eigenvalue weighted by Crippen LogP contribution is 2.30. The molecule has 25 heavy (non-hydrogen) atoms. The van der Waals surface area contributed by atoms with Crippen molar-refractivity contribution in [2.24, 2.45) is 11.7 Å². The highest BCUT2D eigenvalue weighted by Gasteiger charge is 2.29. The number of benzene rings is 2. The van der Waals surface area contributed by atoms with Gasteiger partial charge in [0.05, 0.1) is 0 Å². The van der Waals surface area contributed by atoms with Gasteiger partial charge in [0.25, 0.3) is 5.91 Å². The summed E-state index contributed by atoms with van der Waals surface area (Å²) in [5.41, 5.74) is 7.29. The summed E-state index contributed by atoms with van der Waals surface area (Å²) in [5, 5.41) is 5.67. The maximum atomic E-state index is 12.3. The van der Waals surface area contributed by atoms with Crippen molar-refractivity contribution in [3.8, 4) is 5.75 Å². The maximum absolute atomic E-state index is 12.3. The molecular weight excluding hydrogens is 318 g/mol. The highest BCUT2D eigenvalue weighted by atomic mass is 16.5. The highest BCUT2D eigenvalue weighted by molar-refractivity contribution is 6.04. The topological polar surface area (TPSA) is 93.4 Å². The van der Waals surface area contributed by atoms with Gasteiger partial charge in [-0.1, -0.05) is 0 Å². The van der Waals surface area contributed by atoms with Gasteiger partial charge in [-0.2, -0.15) is 0 Å². The van der Waals surface area contributed by atoms with E-state index in [1.54, 1.807) is 48.5 Å². The van der Waals surface area contributed by atoms with Crippen LogP contribution in [0.2, 0.25) is 0 Å². The van der Waals surface area contributed by atoms with Gasteiger partial charge in [0, 0.05) is 29.4 Å². The molecule has 2 aromatic rings. The van der Waals surface area contributed by atoms with Crippen molar-refractivity contribution in [2.45, 2.75) is 12.8 Å². The second-order valence-corrected chi connectivity index (χ2v) is 5.96. The Hall–Kier alpha value is -2.86. The van der Waals surface area contributed by atoms with Gasteiger partial charge in [-0.15, -0.1) is 0 Å². The van der Waals surface area contributed by atoms with Gasteiger partial charge < -0.3 is 21.1 Å². The van der Waals surface area contributed by atoms with E-state index in [1.165, 1.54) is 0 Å². The van der Waals surface area contributed by atoms with Crippen molar-refractivity contribution in [3.63, 3.8) is 0 Å². The molecule has 2 aromatic carbocycles. The summed E-state index contributed by atoms with van der Waals surface area (Å²) in [6, 6.07) is 14.0. The molecule has 0 aromatic heterocycles. The molecule has 1 aliphatic carbocycles. The molecule has 1 aliphatic rings. The minimum atomic E-state index is -0.212. The van der Waals surface area contributed by atoms with Crippen LogP contribution in [0.4, 0.5) is 11.4 Å². The average molecular weight is 339 g/mol. The Labute approximate surface area is 146 Å². The Morgan fingerprint density at radius 3 is 2.16 bits per heavy atom. The lowest BCUT2D eigenvalue weighted by Gasteiger charge is -2.09. The summed E-state index contributed by atoms with van der Waals surface area (Å²) in [5.74, 6) is 0.698. The number of nitrogens with one attached hydrogen (secondary N) is 2. The quantitative estimate of drug-likeness (QED) is 0.723. The fourth-order valence-corrected chi connectivity index (χ4v) is 2.31. The molecule has 0 radical (unpaired) electrons. The smallest absolute Gasteiger partial charge is 0.255 e. The minimum Gasteiger partial charge on any atom is -0.492 e. The van der Waals surface area contributed by atoms with Crippen LogP contribution in [0.1, 0.15) is 23.2 Å². The van der Waals surface area contributed by atoms with Crippen molar-refractivity contribution >= 4 is 23.2 Å². The van der Waals surface area contributed by atoms with E-state index in [0.29, 0.717) is 35.8 Å². The monoisotopic (exact) mass is 339 g/mol. The number of carbonyl (C=O) groups is 2. The van der Waals surface area contributed by atoms with Gasteiger partial charge in [-0.25, -0.2) is 0 Å². The lowest BCUT2D eigenvalue weighted by molar-refractivity contribution is -0.117. The molecule has 0 aliphatic heterocycles. The molecule has 0 bridgehead atoms. The predicted octanol–water partition coefficient (Wildman–Crippen LogP) is 2.62. The third-order valence-electron chi connectivity index (χ3n) is 3.86. The maximum Gasteiger partial charge on any atom is 0.255 e. The van der Waals surface area contributed by atoms with Crippen molar-refractivity contribution in [1.82, 2.24) is 0 Å². The molecule has 0 heterocycles. The SMILES string of the molecule is NCCOc1ccc(NC(=O)c2ccc(NC(=O)C3CC3)cc2)cc1. The van der Waals surface area contributed by atoms with E-state index in [2.05, 4.69) is 10.6 Å². The van der Waals surface area contributed by atoms with Crippen LogP contribution in [-0.2, 0) is 4.79 Å². The van der Waals surface area contributed by atoms with Crippen molar-refractivity contribution < 1.29 is 14.3 Å². The lowest BCUT2D eigenvalue weighted by atomic mass is 10.2. The average Bonchev–Trinajstić information content (AvgIpc) is 3.47. The van der Waals surface area contributed by atoms with Crippen LogP contribution in [0.15, 0.2) is 48.5 Å². The third kappa shape index (κ3) is 4.81. The summed E-state index contributed by atoms with van der Waals surface area (Å²) in [6.45, 7) is 0.908. The van der Waals surface area contributed by atoms with Gasteiger partial charge >= 0.3 is 0 Å². The van der Waals surface area contributed by atoms with Gasteiger partial charge in [-0.05, 0) is 61.4 Å². The van der Waals surface area contributed by atoms with Crippen LogP contribution < -0.4 is 21.1 Å². The molecule has 4 N–H and O–H groups in total. The summed E-state index contributed by atoms with van der Waals surface area (Å²) < 4.78 is 5.39. The third-order valence-corrected chi connectivity index (χ3v) is 3.86. The van der Waals surface area contributed by atoms with Crippen LogP contribution in [0.5, 0.6) is 5.75 Å². The van der Waals surface area contributed by atoms with Crippen molar-refractivity contribution in [1.29, 1.82) is 0 Å². The molecule has 0 saturated heterocycles. The molecule has 0 spiro atoms. The van der Waals surface area contributed by atoms with E-state index in [4.69, 9.17) is 10.5 Å². The largest absolute Gasteiger partial charge is 0.492 e. The van der Waals surface area contributed by atoms with Crippen LogP contribution in [-0.4, -0.2) is 25.0 Å². The Kier molecular flexibility index (Phi) is 5.30. The summed E-state index contributed by atoms with van der Waals surface area (Å²) in [7, 11) is 0. The number of hydrogen-bond acceptors (Lipinski definition) is 4. The normalized spacial score (nSPS) is 13.2. The van der Waals surface area contributed by atoms with Crippen molar-refractivity contribution in [2.75, 3.05) is 23.8 Å². The fourth-order valence-electron chi connectivity index (χ4n) is 2.31. The summed E-state index contributed by atoms with van der Waals surface area (Å²) in [6.07, 6.45) is 1.92. The molecule has 130 valence electrons. The number of nitrogens with two attached hydrogens (primary N) is 1. The molecule has 2 amide bonds. The molecule has 0 unspecified atom stereocenters. The van der Waals surface area contributed by atoms with E-state index < -0.39 is 0 Å². The predicted molar refractivity (Wildman–Crippen MR) is 96.7 cm³/mol. The van der Waals surface area contributed by atoms with E-state index in [9.17, 15) is 9.59 Å². The summed E-state index contributed by atoms with van der Waals surface area (Å²) in [4.78, 5) is 24.0. The number of hydrogen-bond donors (Lipinski definition) is 3. The number of amides is 2. The molecule has 6 nitrogen and oxygen atoms in total. The first-order valence-electron chi connectivity index (χ1n) is 8.31. The molecule has 1 fully saturated rings. The van der Waals surface area contributed by atoms with Gasteiger partial charge in [0.1, 0.15) is 12.4 Å². The first-order valence-corrected chi connectivity index (χ1v) is 8.31. The summed E-state index contributed by atoms with van der Waals surface area (Å²) >= 11 is 0. The van der Waals surface area contributed by atoms with E-state index in [-0.39, 0.29) is 17.7 Å². The van der Waals surface area contributed by atoms with Crippen LogP contribution >= 0.6 is 0 Å². The molecule has 6 heteroatoms.